The van der Waals surface area contributed by atoms with E-state index in [4.69, 9.17) is 4.42 Å². The van der Waals surface area contributed by atoms with Crippen LogP contribution in [-0.2, 0) is 4.79 Å². The van der Waals surface area contributed by atoms with Crippen LogP contribution < -0.4 is 10.6 Å². The van der Waals surface area contributed by atoms with Crippen LogP contribution in [0.4, 0.5) is 14.5 Å². The number of amides is 1. The number of nitrogens with one attached hydrogen (secondary N) is 2. The van der Waals surface area contributed by atoms with Crippen LogP contribution >= 0.6 is 11.8 Å². The number of benzene rings is 1. The lowest BCUT2D eigenvalue weighted by Crippen LogP contribution is -2.29. The Hall–Kier alpha value is -1.86. The van der Waals surface area contributed by atoms with Crippen molar-refractivity contribution in [2.45, 2.75) is 23.6 Å². The first kappa shape index (κ1) is 16.5. The van der Waals surface area contributed by atoms with Crippen molar-refractivity contribution in [1.82, 2.24) is 5.32 Å². The van der Waals surface area contributed by atoms with Gasteiger partial charge < -0.3 is 9.73 Å². The Labute approximate surface area is 131 Å². The first-order chi connectivity index (χ1) is 10.5. The quantitative estimate of drug-likeness (QED) is 0.758. The van der Waals surface area contributed by atoms with Crippen molar-refractivity contribution in [2.75, 3.05) is 11.9 Å². The largest absolute Gasteiger partial charge is 0.468 e. The van der Waals surface area contributed by atoms with E-state index in [1.807, 2.05) is 13.0 Å². The highest BCUT2D eigenvalue weighted by molar-refractivity contribution is 7.99. The molecule has 0 bridgehead atoms. The topological polar surface area (TPSA) is 54.3 Å². The number of alkyl halides is 2. The number of furan rings is 1. The van der Waals surface area contributed by atoms with Crippen LogP contribution in [0, 0.1) is 0 Å². The molecular formula is C15H16F2N2O2S. The SMILES string of the molecule is C[C@H](NCC(=O)Nc1ccc(SC(F)F)cc1)c1ccco1. The Morgan fingerprint density at radius 1 is 1.27 bits per heavy atom. The number of hydrogen-bond acceptors (Lipinski definition) is 4. The van der Waals surface area contributed by atoms with Crippen molar-refractivity contribution < 1.29 is 18.0 Å². The summed E-state index contributed by atoms with van der Waals surface area (Å²) < 4.78 is 29.6. The molecule has 7 heteroatoms. The number of halogens is 2. The fourth-order valence-corrected chi connectivity index (χ4v) is 2.31. The van der Waals surface area contributed by atoms with Gasteiger partial charge in [-0.1, -0.05) is 11.8 Å². The van der Waals surface area contributed by atoms with Crippen LogP contribution in [0.25, 0.3) is 0 Å². The van der Waals surface area contributed by atoms with Gasteiger partial charge in [-0.2, -0.15) is 8.78 Å². The molecule has 0 radical (unpaired) electrons. The van der Waals surface area contributed by atoms with Gasteiger partial charge in [0, 0.05) is 10.6 Å². The first-order valence-electron chi connectivity index (χ1n) is 6.66. The summed E-state index contributed by atoms with van der Waals surface area (Å²) in [6.45, 7) is 2.01. The predicted octanol–water partition coefficient (Wildman–Crippen LogP) is 3.88. The molecule has 0 aliphatic heterocycles. The van der Waals surface area contributed by atoms with Crippen LogP contribution in [0.2, 0.25) is 0 Å². The zero-order chi connectivity index (χ0) is 15.9. The monoisotopic (exact) mass is 326 g/mol. The predicted molar refractivity (Wildman–Crippen MR) is 82.1 cm³/mol. The molecule has 0 saturated heterocycles. The molecule has 1 heterocycles. The third-order valence-electron chi connectivity index (χ3n) is 2.90. The molecule has 0 saturated carbocycles. The normalized spacial score (nSPS) is 12.4. The van der Waals surface area contributed by atoms with Gasteiger partial charge in [0.1, 0.15) is 5.76 Å². The number of carbonyl (C=O) groups is 1. The molecule has 0 aliphatic carbocycles. The summed E-state index contributed by atoms with van der Waals surface area (Å²) >= 11 is 0.470. The fraction of sp³-hybridized carbons (Fsp3) is 0.267. The molecule has 0 fully saturated rings. The van der Waals surface area contributed by atoms with Crippen molar-refractivity contribution in [2.24, 2.45) is 0 Å². The lowest BCUT2D eigenvalue weighted by atomic mass is 10.2. The molecule has 0 unspecified atom stereocenters. The lowest BCUT2D eigenvalue weighted by molar-refractivity contribution is -0.115. The Balaban J connectivity index is 1.79. The van der Waals surface area contributed by atoms with E-state index in [1.54, 1.807) is 36.6 Å². The summed E-state index contributed by atoms with van der Waals surface area (Å²) in [4.78, 5) is 12.3. The molecule has 2 N–H and O–H groups in total. The maximum absolute atomic E-state index is 12.2. The van der Waals surface area contributed by atoms with Gasteiger partial charge in [-0.3, -0.25) is 10.1 Å². The molecule has 0 spiro atoms. The molecule has 1 atom stereocenters. The van der Waals surface area contributed by atoms with Crippen LogP contribution in [-0.4, -0.2) is 18.2 Å². The van der Waals surface area contributed by atoms with E-state index in [0.717, 1.165) is 5.76 Å². The number of rotatable bonds is 7. The molecule has 0 aliphatic rings. The highest BCUT2D eigenvalue weighted by Gasteiger charge is 2.10. The van der Waals surface area contributed by atoms with E-state index >= 15 is 0 Å². The van der Waals surface area contributed by atoms with Gasteiger partial charge in [0.15, 0.2) is 0 Å². The second-order valence-corrected chi connectivity index (χ2v) is 5.63. The fourth-order valence-electron chi connectivity index (χ4n) is 1.81. The Bertz CT molecular complexity index is 588. The van der Waals surface area contributed by atoms with E-state index in [1.165, 1.54) is 0 Å². The highest BCUT2D eigenvalue weighted by atomic mass is 32.2. The van der Waals surface area contributed by atoms with Gasteiger partial charge in [0.2, 0.25) is 5.91 Å². The zero-order valence-corrected chi connectivity index (χ0v) is 12.7. The Morgan fingerprint density at radius 3 is 2.59 bits per heavy atom. The van der Waals surface area contributed by atoms with E-state index in [-0.39, 0.29) is 18.5 Å². The summed E-state index contributed by atoms with van der Waals surface area (Å²) in [5, 5.41) is 5.73. The van der Waals surface area contributed by atoms with Gasteiger partial charge in [0.25, 0.3) is 5.76 Å². The molecule has 1 aromatic carbocycles. The van der Waals surface area contributed by atoms with Gasteiger partial charge >= 0.3 is 0 Å². The van der Waals surface area contributed by atoms with Crippen LogP contribution in [0.1, 0.15) is 18.7 Å². The third-order valence-corrected chi connectivity index (χ3v) is 3.62. The standard InChI is InChI=1S/C15H16F2N2O2S/c1-10(13-3-2-8-21-13)18-9-14(20)19-11-4-6-12(7-5-11)22-15(16)17/h2-8,10,15,18H,9H2,1H3,(H,19,20)/t10-/m0/s1. The minimum absolute atomic E-state index is 0.0782. The minimum atomic E-state index is -2.45. The second kappa shape index (κ2) is 7.95. The Kier molecular flexibility index (Phi) is 5.97. The molecule has 118 valence electrons. The average molecular weight is 326 g/mol. The van der Waals surface area contributed by atoms with E-state index in [2.05, 4.69) is 10.6 Å². The van der Waals surface area contributed by atoms with Crippen LogP contribution in [0.3, 0.4) is 0 Å². The highest BCUT2D eigenvalue weighted by Crippen LogP contribution is 2.26. The number of hydrogen-bond donors (Lipinski definition) is 2. The summed E-state index contributed by atoms with van der Waals surface area (Å²) in [6, 6.07) is 9.82. The molecule has 22 heavy (non-hydrogen) atoms. The van der Waals surface area contributed by atoms with Gasteiger partial charge in [-0.25, -0.2) is 0 Å². The van der Waals surface area contributed by atoms with E-state index in [9.17, 15) is 13.6 Å². The van der Waals surface area contributed by atoms with Crippen molar-refractivity contribution in [3.63, 3.8) is 0 Å². The second-order valence-electron chi connectivity index (χ2n) is 4.57. The van der Waals surface area contributed by atoms with E-state index in [0.29, 0.717) is 22.3 Å². The molecule has 1 amide bonds. The van der Waals surface area contributed by atoms with Crippen molar-refractivity contribution in [3.05, 3.63) is 48.4 Å². The summed E-state index contributed by atoms with van der Waals surface area (Å²) in [5.74, 6) is -1.92. The zero-order valence-electron chi connectivity index (χ0n) is 11.9. The third kappa shape index (κ3) is 5.16. The van der Waals surface area contributed by atoms with Crippen LogP contribution in [0.15, 0.2) is 52.0 Å². The number of carbonyl (C=O) groups excluding carboxylic acids is 1. The lowest BCUT2D eigenvalue weighted by Gasteiger charge is -2.11. The summed E-state index contributed by atoms with van der Waals surface area (Å²) in [6.07, 6.45) is 1.58. The molecule has 4 nitrogen and oxygen atoms in total. The van der Waals surface area contributed by atoms with Gasteiger partial charge in [-0.15, -0.1) is 0 Å². The van der Waals surface area contributed by atoms with Crippen LogP contribution in [0.5, 0.6) is 0 Å². The average Bonchev–Trinajstić information content (AvgIpc) is 3.00. The molecule has 1 aromatic heterocycles. The summed E-state index contributed by atoms with van der Waals surface area (Å²) in [5.41, 5.74) is 0.566. The van der Waals surface area contributed by atoms with Gasteiger partial charge in [-0.05, 0) is 43.3 Å². The smallest absolute Gasteiger partial charge is 0.288 e. The van der Waals surface area contributed by atoms with Gasteiger partial charge in [0.05, 0.1) is 18.8 Å². The molecule has 2 aromatic rings. The Morgan fingerprint density at radius 2 is 2.00 bits per heavy atom. The van der Waals surface area contributed by atoms with Crippen molar-refractivity contribution in [3.8, 4) is 0 Å². The maximum atomic E-state index is 12.2. The summed E-state index contributed by atoms with van der Waals surface area (Å²) in [7, 11) is 0. The minimum Gasteiger partial charge on any atom is -0.468 e. The van der Waals surface area contributed by atoms with Crippen molar-refractivity contribution in [1.29, 1.82) is 0 Å². The van der Waals surface area contributed by atoms with E-state index < -0.39 is 5.76 Å². The maximum Gasteiger partial charge on any atom is 0.288 e. The first-order valence-corrected chi connectivity index (χ1v) is 7.54. The number of thioether (sulfide) groups is 1. The molecule has 2 rings (SSSR count). The number of anilines is 1. The van der Waals surface area contributed by atoms with Crippen molar-refractivity contribution >= 4 is 23.4 Å². The molecular weight excluding hydrogens is 310 g/mol.